The van der Waals surface area contributed by atoms with E-state index in [9.17, 15) is 22.6 Å². The van der Waals surface area contributed by atoms with Crippen LogP contribution in [0.2, 0.25) is 0 Å². The molecule has 4 N–H and O–H groups in total. The van der Waals surface area contributed by atoms with Crippen molar-refractivity contribution in [1.82, 2.24) is 25.3 Å². The number of allylic oxidation sites excluding steroid dienone is 6. The number of hydrogen-bond acceptors (Lipinski definition) is 11. The second-order valence-corrected chi connectivity index (χ2v) is 22.8. The number of nitrogens with zero attached hydrogens (tertiary/aromatic N) is 4. The lowest BCUT2D eigenvalue weighted by Gasteiger charge is -2.37. The molecule has 0 aromatic carbocycles. The van der Waals surface area contributed by atoms with Gasteiger partial charge in [-0.05, 0) is 138 Å². The minimum Gasteiger partial charge on any atom is -0.371 e. The van der Waals surface area contributed by atoms with E-state index in [0.29, 0.717) is 57.2 Å². The van der Waals surface area contributed by atoms with Gasteiger partial charge in [-0.25, -0.2) is 9.83 Å². The normalized spacial score (nSPS) is 26.4. The largest absolute Gasteiger partial charge is 0.371 e. The van der Waals surface area contributed by atoms with Gasteiger partial charge in [0.2, 0.25) is 11.8 Å². The molecule has 3 fully saturated rings. The molecule has 0 aromatic heterocycles. The topological polar surface area (TPSA) is 164 Å². The van der Waals surface area contributed by atoms with Crippen LogP contribution in [0.15, 0.2) is 36.1 Å². The molecule has 2 saturated carbocycles. The van der Waals surface area contributed by atoms with Crippen LogP contribution in [0.3, 0.4) is 0 Å². The third-order valence-corrected chi connectivity index (χ3v) is 16.4. The molecule has 0 aromatic rings. The highest BCUT2D eigenvalue weighted by molar-refractivity contribution is 7.95. The van der Waals surface area contributed by atoms with Crippen molar-refractivity contribution in [3.63, 3.8) is 0 Å². The second kappa shape index (κ2) is 25.6. The Morgan fingerprint density at radius 3 is 2.05 bits per heavy atom. The van der Waals surface area contributed by atoms with E-state index in [1.165, 1.54) is 23.5 Å². The quantitative estimate of drug-likeness (QED) is 0.0126. The second-order valence-electron chi connectivity index (χ2n) is 20.1. The van der Waals surface area contributed by atoms with E-state index in [2.05, 4.69) is 93.0 Å². The van der Waals surface area contributed by atoms with Crippen LogP contribution in [0.25, 0.3) is 0 Å². The first kappa shape index (κ1) is 53.3. The van der Waals surface area contributed by atoms with Crippen LogP contribution in [0.5, 0.6) is 0 Å². The highest BCUT2D eigenvalue weighted by Gasteiger charge is 2.56. The molecule has 16 heteroatoms. The maximum absolute atomic E-state index is 12.5. The zero-order valence-electron chi connectivity index (χ0n) is 39.9. The zero-order chi connectivity index (χ0) is 46.2. The molecule has 4 rings (SSSR count). The van der Waals surface area contributed by atoms with E-state index >= 15 is 0 Å². The fourth-order valence-corrected chi connectivity index (χ4v) is 12.4. The number of unbranched alkanes of at least 4 members (excludes halogenated alkanes) is 4. The third kappa shape index (κ3) is 15.9. The highest BCUT2D eigenvalue weighted by Crippen LogP contribution is 2.54. The lowest BCUT2D eigenvalue weighted by molar-refractivity contribution is -0.566. The number of carbonyl (C=O) groups excluding carboxylic acids is 2. The fourth-order valence-electron chi connectivity index (χ4n) is 10.9. The smallest absolute Gasteiger partial charge is 0.267 e. The maximum atomic E-state index is 12.5. The monoisotopic (exact) mass is 924 g/mol. The summed E-state index contributed by atoms with van der Waals surface area (Å²) in [5, 5.41) is 18.4. The molecule has 2 amide bonds. The molecule has 4 aliphatic rings. The summed E-state index contributed by atoms with van der Waals surface area (Å²) in [5.41, 5.74) is 2.11. The van der Waals surface area contributed by atoms with Gasteiger partial charge in [-0.3, -0.25) is 14.1 Å². The Hall–Kier alpha value is -2.31. The molecular formula is C47H83N6O8S2+. The number of amides is 2. The van der Waals surface area contributed by atoms with Crippen molar-refractivity contribution >= 4 is 39.7 Å². The maximum Gasteiger partial charge on any atom is 0.267 e. The summed E-state index contributed by atoms with van der Waals surface area (Å²) >= 11 is 1.20. The summed E-state index contributed by atoms with van der Waals surface area (Å²) < 4.78 is 42.2. The molecule has 360 valence electrons. The first-order chi connectivity index (χ1) is 29.9. The summed E-state index contributed by atoms with van der Waals surface area (Å²) in [5.74, 6) is 0.723. The summed E-state index contributed by atoms with van der Waals surface area (Å²) in [7, 11) is 4.02. The van der Waals surface area contributed by atoms with E-state index in [4.69, 9.17) is 9.59 Å². The Bertz CT molecular complexity index is 1700. The first-order valence-electron chi connectivity index (χ1n) is 23.8. The van der Waals surface area contributed by atoms with Gasteiger partial charge in [0, 0.05) is 91.8 Å². The van der Waals surface area contributed by atoms with Gasteiger partial charge in [0.05, 0.1) is 10.7 Å². The minimum atomic E-state index is -4.12. The molecule has 2 heterocycles. The number of carbonyl (C=O) groups is 2. The summed E-state index contributed by atoms with van der Waals surface area (Å²) in [6.07, 6.45) is 23.9. The predicted octanol–water partition coefficient (Wildman–Crippen LogP) is 7.11. The van der Waals surface area contributed by atoms with Gasteiger partial charge in [-0.1, -0.05) is 43.5 Å². The molecule has 63 heavy (non-hydrogen) atoms. The van der Waals surface area contributed by atoms with Crippen molar-refractivity contribution in [2.45, 2.75) is 153 Å². The molecule has 2 aliphatic carbocycles. The van der Waals surface area contributed by atoms with Gasteiger partial charge in [0.1, 0.15) is 6.54 Å². The fraction of sp³-hybridized carbons (Fsp3) is 0.809. The minimum absolute atomic E-state index is 0.0897. The van der Waals surface area contributed by atoms with Crippen molar-refractivity contribution in [2.75, 3.05) is 67.5 Å². The van der Waals surface area contributed by atoms with Crippen molar-refractivity contribution in [3.05, 3.63) is 36.1 Å². The number of nitrogens with one attached hydrogen (secondary N) is 2. The average molecular weight is 924 g/mol. The Morgan fingerprint density at radius 1 is 0.810 bits per heavy atom. The SMILES string of the molecule is CN(C)CCCNC(=O)CCCCCN1\C(=C/C=C/C=C/C2=[N+](CCCCCC(=O)NCCCN(C)C)C3CCC(SOOO)CC3C2(C)C)C(C)(C)C2CC(S(=O)(=O)O)CCC21. The molecule has 0 spiro atoms. The van der Waals surface area contributed by atoms with E-state index in [0.717, 1.165) is 96.8 Å². The Balaban J connectivity index is 1.46. The average Bonchev–Trinajstić information content (AvgIpc) is 3.56. The molecule has 6 atom stereocenters. The van der Waals surface area contributed by atoms with E-state index in [1.807, 2.05) is 28.2 Å². The number of fused-ring (bicyclic) bond motifs is 2. The summed E-state index contributed by atoms with van der Waals surface area (Å²) in [4.78, 5) is 31.6. The van der Waals surface area contributed by atoms with Gasteiger partial charge < -0.3 is 25.3 Å². The number of likely N-dealkylation sites (tertiary alicyclic amines) is 1. The molecule has 1 saturated heterocycles. The Kier molecular flexibility index (Phi) is 21.6. The molecule has 0 bridgehead atoms. The Labute approximate surface area is 384 Å². The van der Waals surface area contributed by atoms with Crippen LogP contribution in [0.4, 0.5) is 0 Å². The van der Waals surface area contributed by atoms with Gasteiger partial charge >= 0.3 is 0 Å². The van der Waals surface area contributed by atoms with Crippen LogP contribution in [0, 0.1) is 22.7 Å². The van der Waals surface area contributed by atoms with E-state index in [1.54, 1.807) is 0 Å². The van der Waals surface area contributed by atoms with Crippen LogP contribution in [-0.2, 0) is 29.1 Å². The number of rotatable bonds is 27. The van der Waals surface area contributed by atoms with Gasteiger partial charge in [-0.2, -0.15) is 8.42 Å². The van der Waals surface area contributed by atoms with Crippen molar-refractivity contribution < 1.29 is 41.8 Å². The highest BCUT2D eigenvalue weighted by atomic mass is 32.2. The predicted molar refractivity (Wildman–Crippen MR) is 254 cm³/mol. The van der Waals surface area contributed by atoms with Crippen LogP contribution in [-0.4, -0.2) is 145 Å². The van der Waals surface area contributed by atoms with Crippen molar-refractivity contribution in [2.24, 2.45) is 22.7 Å². The molecular weight excluding hydrogens is 841 g/mol. The molecule has 14 nitrogen and oxygen atoms in total. The van der Waals surface area contributed by atoms with Crippen LogP contribution >= 0.6 is 12.0 Å². The van der Waals surface area contributed by atoms with Gasteiger partial charge in [0.15, 0.2) is 11.8 Å². The lowest BCUT2D eigenvalue weighted by Crippen LogP contribution is -2.41. The standard InChI is InChI=1S/C47H82N6O8S2/c1-46(2)38-34-36(62-61-60-56)24-26-40(38)52(32-16-10-14-22-44(54)48-28-18-30-50(5)6)42(46)20-12-9-13-21-43-47(3,4)39-35-37(63(57,58)59)25-27-41(39)53(43)33-17-11-15-23-45(55)49-29-19-31-51(7)8/h9,12-13,20-21,36-41H,10-11,14-19,22-35H2,1-8H3,(H3-,48,49,54,55,56,57,58,59)/p+1. The number of hydrogen-bond donors (Lipinski definition) is 4. The molecule has 0 radical (unpaired) electrons. The van der Waals surface area contributed by atoms with E-state index in [-0.39, 0.29) is 39.9 Å². The summed E-state index contributed by atoms with van der Waals surface area (Å²) in [6.45, 7) is 14.2. The Morgan fingerprint density at radius 2 is 1.44 bits per heavy atom. The summed E-state index contributed by atoms with van der Waals surface area (Å²) in [6, 6.07) is 0.585. The zero-order valence-corrected chi connectivity index (χ0v) is 41.5. The molecule has 2 aliphatic heterocycles. The van der Waals surface area contributed by atoms with E-state index < -0.39 is 15.4 Å². The van der Waals surface area contributed by atoms with Gasteiger partial charge in [-0.15, -0.1) is 4.33 Å². The molecule has 6 unspecified atom stereocenters. The third-order valence-electron chi connectivity index (χ3n) is 14.3. The lowest BCUT2D eigenvalue weighted by atomic mass is 9.69. The van der Waals surface area contributed by atoms with Crippen LogP contribution < -0.4 is 10.6 Å². The van der Waals surface area contributed by atoms with Crippen LogP contribution in [0.1, 0.15) is 130 Å². The van der Waals surface area contributed by atoms with Gasteiger partial charge in [0.25, 0.3) is 10.1 Å². The van der Waals surface area contributed by atoms with Crippen molar-refractivity contribution in [1.29, 1.82) is 0 Å². The van der Waals surface area contributed by atoms with Crippen molar-refractivity contribution in [3.8, 4) is 0 Å². The first-order valence-corrected chi connectivity index (χ1v) is 26.1.